The van der Waals surface area contributed by atoms with Crippen LogP contribution in [0.2, 0.25) is 0 Å². The minimum atomic E-state index is 0.655. The minimum absolute atomic E-state index is 0.655. The van der Waals surface area contributed by atoms with Crippen LogP contribution in [0.15, 0.2) is 206 Å². The molecule has 11 rings (SSSR count). The fourth-order valence-corrected chi connectivity index (χ4v) is 8.92. The Bertz CT molecular complexity index is 3390. The first-order valence-electron chi connectivity index (χ1n) is 19.4. The number of nitriles is 1. The van der Waals surface area contributed by atoms with Gasteiger partial charge in [0.1, 0.15) is 0 Å². The van der Waals surface area contributed by atoms with Crippen molar-refractivity contribution in [1.82, 2.24) is 4.57 Å². The van der Waals surface area contributed by atoms with Crippen molar-refractivity contribution in [3.8, 4) is 56.3 Å². The molecular formula is C55H34N2. The van der Waals surface area contributed by atoms with E-state index in [-0.39, 0.29) is 0 Å². The molecule has 0 saturated heterocycles. The average Bonchev–Trinajstić information content (AvgIpc) is 3.61. The number of hydrogen-bond donors (Lipinski definition) is 0. The molecular weight excluding hydrogens is 689 g/mol. The Balaban J connectivity index is 1.18. The Morgan fingerprint density at radius 3 is 1.37 bits per heavy atom. The number of nitrogens with zero attached hydrogens (tertiary/aromatic N) is 2. The standard InChI is InChI=1S/C55H34N2/c56-35-36-20-28-52-48(30-36)49-32-44(25-29-53(49)57(52)45-18-8-3-9-19-45)43-24-27-47-51(34-43)55(39-15-6-2-7-16-39)46-26-23-42(33-50(46)54(47)38-13-4-1-5-14-38)41-22-21-37-12-10-11-17-40(37)31-41/h1-34H. The molecule has 0 N–H and O–H groups in total. The molecule has 0 bridgehead atoms. The lowest BCUT2D eigenvalue weighted by molar-refractivity contribution is 1.18. The molecule has 0 aliphatic heterocycles. The molecule has 0 aliphatic rings. The van der Waals surface area contributed by atoms with E-state index in [4.69, 9.17) is 0 Å². The highest BCUT2D eigenvalue weighted by Gasteiger charge is 2.20. The van der Waals surface area contributed by atoms with Crippen molar-refractivity contribution < 1.29 is 0 Å². The molecule has 2 nitrogen and oxygen atoms in total. The summed E-state index contributed by atoms with van der Waals surface area (Å²) >= 11 is 0. The van der Waals surface area contributed by atoms with E-state index >= 15 is 0 Å². The molecule has 0 radical (unpaired) electrons. The molecule has 0 fully saturated rings. The topological polar surface area (TPSA) is 28.7 Å². The molecule has 1 heterocycles. The molecule has 0 amide bonds. The van der Waals surface area contributed by atoms with Gasteiger partial charge in [0.2, 0.25) is 0 Å². The van der Waals surface area contributed by atoms with E-state index in [2.05, 4.69) is 199 Å². The second kappa shape index (κ2) is 13.2. The highest BCUT2D eigenvalue weighted by Crippen LogP contribution is 2.46. The van der Waals surface area contributed by atoms with Crippen molar-refractivity contribution in [3.63, 3.8) is 0 Å². The second-order valence-electron chi connectivity index (χ2n) is 14.8. The maximum atomic E-state index is 9.88. The SMILES string of the molecule is N#Cc1ccc2c(c1)c1cc(-c3ccc4c(-c5ccccc5)c5cc(-c6ccc7ccccc7c6)ccc5c(-c5ccccc5)c4c3)ccc1n2-c1ccccc1. The Kier molecular flexibility index (Phi) is 7.59. The van der Waals surface area contributed by atoms with E-state index in [1.807, 2.05) is 18.2 Å². The second-order valence-corrected chi connectivity index (χ2v) is 14.8. The lowest BCUT2D eigenvalue weighted by Crippen LogP contribution is -1.93. The zero-order valence-electron chi connectivity index (χ0n) is 31.0. The van der Waals surface area contributed by atoms with Gasteiger partial charge >= 0.3 is 0 Å². The van der Waals surface area contributed by atoms with E-state index in [1.54, 1.807) is 0 Å². The third-order valence-electron chi connectivity index (χ3n) is 11.6. The highest BCUT2D eigenvalue weighted by atomic mass is 15.0. The molecule has 0 saturated carbocycles. The molecule has 11 aromatic rings. The van der Waals surface area contributed by atoms with Crippen LogP contribution in [0.3, 0.4) is 0 Å². The van der Waals surface area contributed by atoms with E-state index in [9.17, 15) is 5.26 Å². The Labute approximate surface area is 330 Å². The molecule has 2 heteroatoms. The van der Waals surface area contributed by atoms with Gasteiger partial charge in [-0.1, -0.05) is 146 Å². The van der Waals surface area contributed by atoms with E-state index in [0.29, 0.717) is 5.56 Å². The summed E-state index contributed by atoms with van der Waals surface area (Å²) in [6, 6.07) is 76.6. The first-order valence-corrected chi connectivity index (χ1v) is 19.4. The summed E-state index contributed by atoms with van der Waals surface area (Å²) in [6.45, 7) is 0. The molecule has 57 heavy (non-hydrogen) atoms. The van der Waals surface area contributed by atoms with Gasteiger partial charge in [0, 0.05) is 16.5 Å². The summed E-state index contributed by atoms with van der Waals surface area (Å²) < 4.78 is 2.30. The lowest BCUT2D eigenvalue weighted by Gasteiger charge is -2.20. The largest absolute Gasteiger partial charge is 0.309 e. The van der Waals surface area contributed by atoms with E-state index in [0.717, 1.165) is 38.6 Å². The summed E-state index contributed by atoms with van der Waals surface area (Å²) in [5.74, 6) is 0. The predicted molar refractivity (Wildman–Crippen MR) is 240 cm³/mol. The first kappa shape index (κ1) is 32.7. The number of para-hydroxylation sites is 1. The molecule has 264 valence electrons. The van der Waals surface area contributed by atoms with Gasteiger partial charge in [0.25, 0.3) is 0 Å². The summed E-state index contributed by atoms with van der Waals surface area (Å²) in [6.07, 6.45) is 0. The van der Waals surface area contributed by atoms with Crippen molar-refractivity contribution >= 4 is 54.1 Å². The lowest BCUT2D eigenvalue weighted by atomic mass is 9.83. The third kappa shape index (κ3) is 5.41. The Morgan fingerprint density at radius 2 is 0.772 bits per heavy atom. The van der Waals surface area contributed by atoms with Crippen molar-refractivity contribution in [1.29, 1.82) is 5.26 Å². The smallest absolute Gasteiger partial charge is 0.0991 e. The van der Waals surface area contributed by atoms with Gasteiger partial charge in [-0.3, -0.25) is 0 Å². The number of benzene rings is 10. The zero-order valence-corrected chi connectivity index (χ0v) is 31.0. The van der Waals surface area contributed by atoms with Crippen LogP contribution < -0.4 is 0 Å². The number of fused-ring (bicyclic) bond motifs is 6. The van der Waals surface area contributed by atoms with Gasteiger partial charge in [-0.25, -0.2) is 0 Å². The van der Waals surface area contributed by atoms with Crippen LogP contribution in [0, 0.1) is 11.3 Å². The molecule has 0 aliphatic carbocycles. The van der Waals surface area contributed by atoms with Crippen LogP contribution >= 0.6 is 0 Å². The predicted octanol–water partition coefficient (Wildman–Crippen LogP) is 14.8. The van der Waals surface area contributed by atoms with Gasteiger partial charge < -0.3 is 4.57 Å². The van der Waals surface area contributed by atoms with Crippen LogP contribution in [0.1, 0.15) is 5.56 Å². The van der Waals surface area contributed by atoms with Crippen molar-refractivity contribution in [2.24, 2.45) is 0 Å². The first-order chi connectivity index (χ1) is 28.2. The maximum Gasteiger partial charge on any atom is 0.0991 e. The third-order valence-corrected chi connectivity index (χ3v) is 11.6. The molecule has 0 atom stereocenters. The van der Waals surface area contributed by atoms with Crippen LogP contribution in [-0.4, -0.2) is 4.57 Å². The molecule has 10 aromatic carbocycles. The zero-order chi connectivity index (χ0) is 37.9. The summed E-state index contributed by atoms with van der Waals surface area (Å²) in [5.41, 5.74) is 13.5. The fraction of sp³-hybridized carbons (Fsp3) is 0. The van der Waals surface area contributed by atoms with Crippen LogP contribution in [-0.2, 0) is 0 Å². The Hall–Kier alpha value is -7.73. The van der Waals surface area contributed by atoms with E-state index in [1.165, 1.54) is 65.7 Å². The monoisotopic (exact) mass is 722 g/mol. The Morgan fingerprint density at radius 1 is 0.316 bits per heavy atom. The van der Waals surface area contributed by atoms with Crippen molar-refractivity contribution in [2.75, 3.05) is 0 Å². The van der Waals surface area contributed by atoms with Gasteiger partial charge in [-0.2, -0.15) is 5.26 Å². The van der Waals surface area contributed by atoms with Gasteiger partial charge in [0.05, 0.1) is 22.7 Å². The molecule has 0 spiro atoms. The van der Waals surface area contributed by atoms with Crippen LogP contribution in [0.5, 0.6) is 0 Å². The number of aromatic nitrogens is 1. The summed E-state index contributed by atoms with van der Waals surface area (Å²) in [5, 5.41) is 19.4. The normalized spacial score (nSPS) is 11.5. The molecule has 0 unspecified atom stereocenters. The maximum absolute atomic E-state index is 9.88. The summed E-state index contributed by atoms with van der Waals surface area (Å²) in [7, 11) is 0. The fourth-order valence-electron chi connectivity index (χ4n) is 8.92. The van der Waals surface area contributed by atoms with E-state index < -0.39 is 0 Å². The quantitative estimate of drug-likeness (QED) is 0.163. The van der Waals surface area contributed by atoms with Gasteiger partial charge in [-0.05, 0) is 137 Å². The van der Waals surface area contributed by atoms with Gasteiger partial charge in [0.15, 0.2) is 0 Å². The molecule has 1 aromatic heterocycles. The van der Waals surface area contributed by atoms with Crippen LogP contribution in [0.4, 0.5) is 0 Å². The highest BCUT2D eigenvalue weighted by molar-refractivity contribution is 6.22. The van der Waals surface area contributed by atoms with Crippen molar-refractivity contribution in [3.05, 3.63) is 212 Å². The average molecular weight is 723 g/mol. The van der Waals surface area contributed by atoms with Gasteiger partial charge in [-0.15, -0.1) is 0 Å². The number of rotatable bonds is 5. The van der Waals surface area contributed by atoms with Crippen LogP contribution in [0.25, 0.3) is 104 Å². The minimum Gasteiger partial charge on any atom is -0.309 e. The summed E-state index contributed by atoms with van der Waals surface area (Å²) in [4.78, 5) is 0. The number of hydrogen-bond acceptors (Lipinski definition) is 1. The van der Waals surface area contributed by atoms with Crippen molar-refractivity contribution in [2.45, 2.75) is 0 Å².